The van der Waals surface area contributed by atoms with Crippen molar-refractivity contribution >= 4 is 17.8 Å². The zero-order chi connectivity index (χ0) is 17.1. The predicted molar refractivity (Wildman–Crippen MR) is 87.6 cm³/mol. The molecule has 128 valence electrons. The first kappa shape index (κ1) is 16.6. The van der Waals surface area contributed by atoms with Crippen molar-refractivity contribution in [1.29, 1.82) is 0 Å². The fraction of sp³-hybridized carbons (Fsp3) is 0.500. The van der Waals surface area contributed by atoms with Crippen LogP contribution in [0.5, 0.6) is 0 Å². The van der Waals surface area contributed by atoms with Crippen LogP contribution < -0.4 is 0 Å². The van der Waals surface area contributed by atoms with Crippen molar-refractivity contribution < 1.29 is 19.1 Å². The Morgan fingerprint density at radius 1 is 1.17 bits per heavy atom. The highest BCUT2D eigenvalue weighted by Crippen LogP contribution is 2.23. The van der Waals surface area contributed by atoms with E-state index in [1.54, 1.807) is 31.2 Å². The number of rotatable bonds is 5. The van der Waals surface area contributed by atoms with Gasteiger partial charge in [-0.2, -0.15) is 0 Å². The van der Waals surface area contributed by atoms with Gasteiger partial charge in [-0.25, -0.2) is 0 Å². The molecule has 1 saturated heterocycles. The summed E-state index contributed by atoms with van der Waals surface area (Å²) in [6, 6.07) is 6.91. The van der Waals surface area contributed by atoms with Crippen molar-refractivity contribution in [2.45, 2.75) is 19.8 Å². The van der Waals surface area contributed by atoms with Crippen LogP contribution in [0.15, 0.2) is 24.3 Å². The summed E-state index contributed by atoms with van der Waals surface area (Å²) in [6.07, 6.45) is 1.76. The Balaban J connectivity index is 1.58. The first-order valence-corrected chi connectivity index (χ1v) is 8.46. The predicted octanol–water partition coefficient (Wildman–Crippen LogP) is 1.56. The zero-order valence-electron chi connectivity index (χ0n) is 13.9. The number of hydrogen-bond donors (Lipinski definition) is 0. The second-order valence-corrected chi connectivity index (χ2v) is 6.20. The van der Waals surface area contributed by atoms with Crippen molar-refractivity contribution in [3.63, 3.8) is 0 Å². The van der Waals surface area contributed by atoms with Gasteiger partial charge in [0.25, 0.3) is 11.8 Å². The molecule has 0 bridgehead atoms. The topological polar surface area (TPSA) is 66.9 Å². The average Bonchev–Trinajstić information content (AvgIpc) is 2.85. The van der Waals surface area contributed by atoms with Crippen LogP contribution in [0.25, 0.3) is 0 Å². The first-order chi connectivity index (χ1) is 11.6. The third-order valence-corrected chi connectivity index (χ3v) is 4.64. The number of benzene rings is 1. The molecule has 0 spiro atoms. The summed E-state index contributed by atoms with van der Waals surface area (Å²) < 4.78 is 5.10. The highest BCUT2D eigenvalue weighted by molar-refractivity contribution is 6.21. The lowest BCUT2D eigenvalue weighted by Gasteiger charge is -2.32. The second-order valence-electron chi connectivity index (χ2n) is 6.20. The highest BCUT2D eigenvalue weighted by Gasteiger charge is 2.35. The number of ether oxygens (including phenoxy) is 1. The maximum atomic E-state index is 12.4. The maximum absolute atomic E-state index is 12.4. The molecular formula is C18H22N2O4. The molecule has 2 aliphatic rings. The van der Waals surface area contributed by atoms with Crippen molar-refractivity contribution in [1.82, 2.24) is 9.80 Å². The number of imide groups is 1. The van der Waals surface area contributed by atoms with Gasteiger partial charge in [-0.05, 0) is 38.4 Å². The quantitative estimate of drug-likeness (QED) is 0.605. The molecule has 0 aliphatic carbocycles. The van der Waals surface area contributed by atoms with Gasteiger partial charge in [-0.3, -0.25) is 19.3 Å². The number of fused-ring (bicyclic) bond motifs is 1. The summed E-state index contributed by atoms with van der Waals surface area (Å²) >= 11 is 0. The Morgan fingerprint density at radius 2 is 1.83 bits per heavy atom. The molecule has 1 fully saturated rings. The number of nitrogens with zero attached hydrogens (tertiary/aromatic N) is 2. The maximum Gasteiger partial charge on any atom is 0.310 e. The zero-order valence-corrected chi connectivity index (χ0v) is 13.9. The number of likely N-dealkylation sites (tertiary alicyclic amines) is 1. The van der Waals surface area contributed by atoms with Crippen LogP contribution in [0.1, 0.15) is 40.5 Å². The van der Waals surface area contributed by atoms with Gasteiger partial charge in [0.15, 0.2) is 0 Å². The molecule has 0 N–H and O–H groups in total. The molecular weight excluding hydrogens is 308 g/mol. The fourth-order valence-corrected chi connectivity index (χ4v) is 3.39. The Bertz CT molecular complexity index is 623. The number of amides is 2. The van der Waals surface area contributed by atoms with E-state index in [0.717, 1.165) is 19.4 Å². The number of carbonyl (C=O) groups is 3. The van der Waals surface area contributed by atoms with Crippen LogP contribution >= 0.6 is 0 Å². The summed E-state index contributed by atoms with van der Waals surface area (Å²) in [5, 5.41) is 0. The van der Waals surface area contributed by atoms with Crippen LogP contribution in [-0.4, -0.2) is 60.4 Å². The molecule has 0 aromatic heterocycles. The van der Waals surface area contributed by atoms with E-state index in [1.807, 2.05) is 0 Å². The van der Waals surface area contributed by atoms with E-state index in [-0.39, 0.29) is 23.7 Å². The summed E-state index contributed by atoms with van der Waals surface area (Å²) in [5.41, 5.74) is 0.955. The fourth-order valence-electron chi connectivity index (χ4n) is 3.39. The van der Waals surface area contributed by atoms with E-state index in [4.69, 9.17) is 4.74 Å². The van der Waals surface area contributed by atoms with Gasteiger partial charge in [0.1, 0.15) is 0 Å². The minimum Gasteiger partial charge on any atom is -0.466 e. The molecule has 0 unspecified atom stereocenters. The standard InChI is InChI=1S/C18H22N2O4/c1-2-24-18(23)13-6-5-9-19(12-13)10-11-20-16(21)14-7-3-4-8-15(14)17(20)22/h3-4,7-8,13H,2,5-6,9-12H2,1H3/t13-/m1/s1. The number of piperidine rings is 1. The molecule has 1 atom stereocenters. The molecule has 3 rings (SSSR count). The molecule has 1 aromatic carbocycles. The number of esters is 1. The van der Waals surface area contributed by atoms with Crippen LogP contribution in [0.3, 0.4) is 0 Å². The molecule has 0 radical (unpaired) electrons. The van der Waals surface area contributed by atoms with E-state index < -0.39 is 0 Å². The normalized spacial score (nSPS) is 21.0. The molecule has 1 aromatic rings. The lowest BCUT2D eigenvalue weighted by atomic mass is 9.98. The van der Waals surface area contributed by atoms with Crippen LogP contribution in [0.2, 0.25) is 0 Å². The summed E-state index contributed by atoms with van der Waals surface area (Å²) in [6.45, 7) is 4.63. The van der Waals surface area contributed by atoms with E-state index in [0.29, 0.717) is 37.4 Å². The molecule has 0 saturated carbocycles. The minimum atomic E-state index is -0.227. The molecule has 2 heterocycles. The molecule has 6 heteroatoms. The van der Waals surface area contributed by atoms with Gasteiger partial charge in [0, 0.05) is 19.6 Å². The summed E-state index contributed by atoms with van der Waals surface area (Å²) in [7, 11) is 0. The first-order valence-electron chi connectivity index (χ1n) is 8.46. The lowest BCUT2D eigenvalue weighted by molar-refractivity contribution is -0.149. The monoisotopic (exact) mass is 330 g/mol. The van der Waals surface area contributed by atoms with E-state index in [9.17, 15) is 14.4 Å². The SMILES string of the molecule is CCOC(=O)[C@@H]1CCCN(CCN2C(=O)c3ccccc3C2=O)C1. The third kappa shape index (κ3) is 3.19. The Hall–Kier alpha value is -2.21. The third-order valence-electron chi connectivity index (χ3n) is 4.64. The number of hydrogen-bond acceptors (Lipinski definition) is 5. The van der Waals surface area contributed by atoms with Gasteiger partial charge in [0.2, 0.25) is 0 Å². The van der Waals surface area contributed by atoms with Gasteiger partial charge in [-0.15, -0.1) is 0 Å². The molecule has 2 aliphatic heterocycles. The highest BCUT2D eigenvalue weighted by atomic mass is 16.5. The molecule has 2 amide bonds. The van der Waals surface area contributed by atoms with E-state index in [2.05, 4.69) is 4.90 Å². The van der Waals surface area contributed by atoms with E-state index >= 15 is 0 Å². The minimum absolute atomic E-state index is 0.110. The largest absolute Gasteiger partial charge is 0.466 e. The van der Waals surface area contributed by atoms with Gasteiger partial charge < -0.3 is 9.64 Å². The smallest absolute Gasteiger partial charge is 0.310 e. The van der Waals surface area contributed by atoms with Crippen LogP contribution in [-0.2, 0) is 9.53 Å². The molecule has 24 heavy (non-hydrogen) atoms. The van der Waals surface area contributed by atoms with E-state index in [1.165, 1.54) is 4.90 Å². The van der Waals surface area contributed by atoms with Crippen molar-refractivity contribution in [2.24, 2.45) is 5.92 Å². The Kier molecular flexibility index (Phi) is 4.94. The van der Waals surface area contributed by atoms with Gasteiger partial charge in [0.05, 0.1) is 23.7 Å². The summed E-state index contributed by atoms with van der Waals surface area (Å²) in [4.78, 5) is 40.0. The van der Waals surface area contributed by atoms with Gasteiger partial charge in [-0.1, -0.05) is 12.1 Å². The van der Waals surface area contributed by atoms with Crippen LogP contribution in [0.4, 0.5) is 0 Å². The summed E-state index contributed by atoms with van der Waals surface area (Å²) in [5.74, 6) is -0.715. The Labute approximate surface area is 141 Å². The van der Waals surface area contributed by atoms with Crippen molar-refractivity contribution in [3.05, 3.63) is 35.4 Å². The number of carbonyl (C=O) groups excluding carboxylic acids is 3. The lowest BCUT2D eigenvalue weighted by Crippen LogP contribution is -2.44. The average molecular weight is 330 g/mol. The Morgan fingerprint density at radius 3 is 2.46 bits per heavy atom. The van der Waals surface area contributed by atoms with Crippen molar-refractivity contribution in [2.75, 3.05) is 32.8 Å². The van der Waals surface area contributed by atoms with Gasteiger partial charge >= 0.3 is 5.97 Å². The van der Waals surface area contributed by atoms with Crippen molar-refractivity contribution in [3.8, 4) is 0 Å². The molecule has 6 nitrogen and oxygen atoms in total. The van der Waals surface area contributed by atoms with Crippen LogP contribution in [0, 0.1) is 5.92 Å². The second kappa shape index (κ2) is 7.13.